The quantitative estimate of drug-likeness (QED) is 0.709. The minimum absolute atomic E-state index is 0.190. The van der Waals surface area contributed by atoms with Gasteiger partial charge in [0.05, 0.1) is 4.47 Å². The second-order valence-corrected chi connectivity index (χ2v) is 5.02. The molecular formula is C11H8BrFS. The van der Waals surface area contributed by atoms with Crippen molar-refractivity contribution in [1.29, 1.82) is 0 Å². The highest BCUT2D eigenvalue weighted by Gasteiger charge is 2.08. The summed E-state index contributed by atoms with van der Waals surface area (Å²) in [5.41, 5.74) is 1.61. The minimum atomic E-state index is -0.190. The summed E-state index contributed by atoms with van der Waals surface area (Å²) >= 11 is 4.81. The Morgan fingerprint density at radius 3 is 2.79 bits per heavy atom. The smallest absolute Gasteiger partial charge is 0.145 e. The van der Waals surface area contributed by atoms with Gasteiger partial charge in [0.25, 0.3) is 0 Å². The van der Waals surface area contributed by atoms with Gasteiger partial charge in [0.1, 0.15) is 5.82 Å². The topological polar surface area (TPSA) is 0 Å². The SMILES string of the molecule is Cc1cc(-c2cccc(Br)c2F)cs1. The highest BCUT2D eigenvalue weighted by Crippen LogP contribution is 2.30. The van der Waals surface area contributed by atoms with Gasteiger partial charge >= 0.3 is 0 Å². The van der Waals surface area contributed by atoms with Crippen LogP contribution in [0.15, 0.2) is 34.1 Å². The summed E-state index contributed by atoms with van der Waals surface area (Å²) in [6.45, 7) is 2.02. The first-order chi connectivity index (χ1) is 6.68. The molecule has 0 saturated carbocycles. The second-order valence-electron chi connectivity index (χ2n) is 3.05. The first-order valence-corrected chi connectivity index (χ1v) is 5.85. The van der Waals surface area contributed by atoms with Crippen LogP contribution in [0.4, 0.5) is 4.39 Å². The van der Waals surface area contributed by atoms with Crippen LogP contribution in [-0.4, -0.2) is 0 Å². The number of halogens is 2. The van der Waals surface area contributed by atoms with E-state index < -0.39 is 0 Å². The molecule has 3 heteroatoms. The van der Waals surface area contributed by atoms with Crippen molar-refractivity contribution >= 4 is 27.3 Å². The molecule has 0 atom stereocenters. The van der Waals surface area contributed by atoms with E-state index in [1.807, 2.05) is 24.4 Å². The number of hydrogen-bond acceptors (Lipinski definition) is 1. The van der Waals surface area contributed by atoms with Crippen LogP contribution in [0.1, 0.15) is 4.88 Å². The summed E-state index contributed by atoms with van der Waals surface area (Å²) in [4.78, 5) is 1.19. The van der Waals surface area contributed by atoms with Gasteiger partial charge in [-0.2, -0.15) is 0 Å². The van der Waals surface area contributed by atoms with Gasteiger partial charge in [-0.25, -0.2) is 4.39 Å². The fourth-order valence-electron chi connectivity index (χ4n) is 1.31. The Labute approximate surface area is 94.5 Å². The Balaban J connectivity index is 2.57. The van der Waals surface area contributed by atoms with Crippen LogP contribution in [0.5, 0.6) is 0 Å². The van der Waals surface area contributed by atoms with E-state index in [0.717, 1.165) is 5.56 Å². The Hall–Kier alpha value is -0.670. The molecule has 1 heterocycles. The standard InChI is InChI=1S/C11H8BrFS/c1-7-5-8(6-14-7)9-3-2-4-10(12)11(9)13/h2-6H,1H3. The highest BCUT2D eigenvalue weighted by atomic mass is 79.9. The van der Waals surface area contributed by atoms with Crippen LogP contribution < -0.4 is 0 Å². The molecule has 0 radical (unpaired) electrons. The van der Waals surface area contributed by atoms with Gasteiger partial charge in [-0.1, -0.05) is 12.1 Å². The van der Waals surface area contributed by atoms with Crippen molar-refractivity contribution in [2.45, 2.75) is 6.92 Å². The molecule has 14 heavy (non-hydrogen) atoms. The third-order valence-corrected chi connectivity index (χ3v) is 3.47. The minimum Gasteiger partial charge on any atom is -0.205 e. The lowest BCUT2D eigenvalue weighted by atomic mass is 10.1. The van der Waals surface area contributed by atoms with E-state index >= 15 is 0 Å². The second kappa shape index (κ2) is 3.83. The maximum Gasteiger partial charge on any atom is 0.145 e. The average molecular weight is 271 g/mol. The predicted molar refractivity (Wildman–Crippen MR) is 62.2 cm³/mol. The number of hydrogen-bond donors (Lipinski definition) is 0. The van der Waals surface area contributed by atoms with Gasteiger partial charge in [0.15, 0.2) is 0 Å². The van der Waals surface area contributed by atoms with Gasteiger partial charge in [0, 0.05) is 10.4 Å². The maximum absolute atomic E-state index is 13.7. The van der Waals surface area contributed by atoms with E-state index in [2.05, 4.69) is 15.9 Å². The van der Waals surface area contributed by atoms with Crippen molar-refractivity contribution in [2.24, 2.45) is 0 Å². The normalized spacial score (nSPS) is 10.5. The van der Waals surface area contributed by atoms with Crippen LogP contribution >= 0.6 is 27.3 Å². The first-order valence-electron chi connectivity index (χ1n) is 4.18. The molecule has 1 aromatic heterocycles. The molecule has 0 nitrogen and oxygen atoms in total. The number of aryl methyl sites for hydroxylation is 1. The zero-order chi connectivity index (χ0) is 10.1. The van der Waals surface area contributed by atoms with Crippen LogP contribution in [0.2, 0.25) is 0 Å². The summed E-state index contributed by atoms with van der Waals surface area (Å²) < 4.78 is 14.2. The van der Waals surface area contributed by atoms with Crippen molar-refractivity contribution in [3.05, 3.63) is 44.8 Å². The first kappa shape index (κ1) is 9.87. The molecule has 0 aliphatic carbocycles. The van der Waals surface area contributed by atoms with E-state index in [1.54, 1.807) is 23.5 Å². The molecule has 0 saturated heterocycles. The lowest BCUT2D eigenvalue weighted by molar-refractivity contribution is 0.625. The molecule has 0 fully saturated rings. The Kier molecular flexibility index (Phi) is 2.70. The van der Waals surface area contributed by atoms with Crippen molar-refractivity contribution in [1.82, 2.24) is 0 Å². The van der Waals surface area contributed by atoms with Gasteiger partial charge in [-0.3, -0.25) is 0 Å². The zero-order valence-corrected chi connectivity index (χ0v) is 9.95. The molecule has 2 aromatic rings. The lowest BCUT2D eigenvalue weighted by Gasteiger charge is -2.01. The van der Waals surface area contributed by atoms with Crippen LogP contribution in [0.3, 0.4) is 0 Å². The van der Waals surface area contributed by atoms with Crippen molar-refractivity contribution < 1.29 is 4.39 Å². The molecule has 0 aliphatic rings. The highest BCUT2D eigenvalue weighted by molar-refractivity contribution is 9.10. The van der Waals surface area contributed by atoms with E-state index in [1.165, 1.54) is 4.88 Å². The number of thiophene rings is 1. The predicted octanol–water partition coefficient (Wildman–Crippen LogP) is 4.63. The van der Waals surface area contributed by atoms with Gasteiger partial charge in [-0.05, 0) is 45.9 Å². The molecular weight excluding hydrogens is 263 g/mol. The fourth-order valence-corrected chi connectivity index (χ4v) is 2.38. The summed E-state index contributed by atoms with van der Waals surface area (Å²) in [6.07, 6.45) is 0. The number of benzene rings is 1. The van der Waals surface area contributed by atoms with Gasteiger partial charge in [0.2, 0.25) is 0 Å². The summed E-state index contributed by atoms with van der Waals surface area (Å²) in [6, 6.07) is 7.34. The maximum atomic E-state index is 13.7. The van der Waals surface area contributed by atoms with Crippen molar-refractivity contribution in [3.8, 4) is 11.1 Å². The Morgan fingerprint density at radius 2 is 2.14 bits per heavy atom. The van der Waals surface area contributed by atoms with Crippen molar-refractivity contribution in [3.63, 3.8) is 0 Å². The van der Waals surface area contributed by atoms with E-state index in [-0.39, 0.29) is 5.82 Å². The molecule has 1 aromatic carbocycles. The lowest BCUT2D eigenvalue weighted by Crippen LogP contribution is -1.82. The van der Waals surface area contributed by atoms with Crippen LogP contribution in [-0.2, 0) is 0 Å². The van der Waals surface area contributed by atoms with Crippen LogP contribution in [0, 0.1) is 12.7 Å². The van der Waals surface area contributed by atoms with E-state index in [4.69, 9.17) is 0 Å². The largest absolute Gasteiger partial charge is 0.205 e. The monoisotopic (exact) mass is 270 g/mol. The third-order valence-electron chi connectivity index (χ3n) is 1.99. The van der Waals surface area contributed by atoms with Crippen LogP contribution in [0.25, 0.3) is 11.1 Å². The van der Waals surface area contributed by atoms with Crippen molar-refractivity contribution in [2.75, 3.05) is 0 Å². The average Bonchev–Trinajstić information content (AvgIpc) is 2.57. The molecule has 0 bridgehead atoms. The number of rotatable bonds is 1. The summed E-state index contributed by atoms with van der Waals surface area (Å²) in [5.74, 6) is -0.190. The third kappa shape index (κ3) is 1.74. The zero-order valence-electron chi connectivity index (χ0n) is 7.55. The molecule has 0 amide bonds. The fraction of sp³-hybridized carbons (Fsp3) is 0.0909. The molecule has 0 aliphatic heterocycles. The molecule has 0 spiro atoms. The molecule has 0 N–H and O–H groups in total. The van der Waals surface area contributed by atoms with Gasteiger partial charge < -0.3 is 0 Å². The van der Waals surface area contributed by atoms with Gasteiger partial charge in [-0.15, -0.1) is 11.3 Å². The molecule has 2 rings (SSSR count). The Bertz CT molecular complexity index is 462. The molecule has 0 unspecified atom stereocenters. The summed E-state index contributed by atoms with van der Waals surface area (Å²) in [7, 11) is 0. The van der Waals surface area contributed by atoms with E-state index in [0.29, 0.717) is 10.0 Å². The Morgan fingerprint density at radius 1 is 1.36 bits per heavy atom. The summed E-state index contributed by atoms with van der Waals surface area (Å²) in [5, 5.41) is 1.97. The molecule has 72 valence electrons. The van der Waals surface area contributed by atoms with E-state index in [9.17, 15) is 4.39 Å².